The van der Waals surface area contributed by atoms with Gasteiger partial charge in [-0.1, -0.05) is 54.6 Å². The zero-order chi connectivity index (χ0) is 34.9. The highest BCUT2D eigenvalue weighted by Gasteiger charge is 2.17. The number of hydrogen-bond acceptors (Lipinski definition) is 8. The van der Waals surface area contributed by atoms with Gasteiger partial charge in [0.2, 0.25) is 5.91 Å². The number of ether oxygens (including phenoxy) is 2. The fraction of sp³-hybridized carbons (Fsp3) is 0.0769. The van der Waals surface area contributed by atoms with Crippen molar-refractivity contribution in [3.8, 4) is 22.8 Å². The molecule has 1 heterocycles. The van der Waals surface area contributed by atoms with E-state index in [1.54, 1.807) is 73.8 Å². The van der Waals surface area contributed by atoms with E-state index in [9.17, 15) is 14.4 Å². The molecule has 0 aliphatic heterocycles. The Hall–Kier alpha value is -5.91. The van der Waals surface area contributed by atoms with Crippen LogP contribution in [0.4, 0.5) is 10.8 Å². The van der Waals surface area contributed by atoms with Gasteiger partial charge in [0, 0.05) is 38.7 Å². The molecule has 3 N–H and O–H groups in total. The van der Waals surface area contributed by atoms with Gasteiger partial charge < -0.3 is 25.4 Å². The average Bonchev–Trinajstić information content (AvgIpc) is 3.62. The molecule has 0 fully saturated rings. The monoisotopic (exact) mass is 700 g/mol. The molecule has 0 saturated heterocycles. The van der Waals surface area contributed by atoms with Crippen LogP contribution in [0, 0.1) is 0 Å². The highest BCUT2D eigenvalue weighted by atomic mass is 32.2. The van der Waals surface area contributed by atoms with Gasteiger partial charge in [0.05, 0.1) is 25.7 Å². The first-order valence-electron chi connectivity index (χ1n) is 15.5. The van der Waals surface area contributed by atoms with Crippen molar-refractivity contribution < 1.29 is 23.9 Å². The van der Waals surface area contributed by atoms with E-state index in [0.29, 0.717) is 33.4 Å². The van der Waals surface area contributed by atoms with Crippen molar-refractivity contribution in [3.05, 3.63) is 137 Å². The van der Waals surface area contributed by atoms with Crippen molar-refractivity contribution in [2.45, 2.75) is 4.90 Å². The molecule has 9 nitrogen and oxygen atoms in total. The summed E-state index contributed by atoms with van der Waals surface area (Å²) in [6.07, 6.45) is 1.55. The van der Waals surface area contributed by atoms with E-state index < -0.39 is 11.8 Å². The summed E-state index contributed by atoms with van der Waals surface area (Å²) < 4.78 is 10.8. The molecule has 1 aromatic heterocycles. The lowest BCUT2D eigenvalue weighted by molar-refractivity contribution is -0.114. The van der Waals surface area contributed by atoms with E-state index in [2.05, 4.69) is 45.2 Å². The van der Waals surface area contributed by atoms with Gasteiger partial charge in [0.1, 0.15) is 17.2 Å². The molecule has 0 aliphatic rings. The maximum atomic E-state index is 13.5. The van der Waals surface area contributed by atoms with Crippen LogP contribution in [0.2, 0.25) is 0 Å². The second kappa shape index (κ2) is 16.0. The molecule has 0 saturated carbocycles. The van der Waals surface area contributed by atoms with Gasteiger partial charge in [-0.25, -0.2) is 4.98 Å². The van der Waals surface area contributed by atoms with Crippen LogP contribution in [0.25, 0.3) is 28.1 Å². The SMILES string of the molecule is COc1ccc(/C=C(\NC(=O)c2ccccc2)C(=O)Nc2ccc(SCC(=O)Nc3nc(-c4ccc5ccccc5c4)cs3)cc2)c(OC)c1. The van der Waals surface area contributed by atoms with Crippen LogP contribution < -0.4 is 25.4 Å². The number of benzene rings is 5. The molecule has 11 heteroatoms. The highest BCUT2D eigenvalue weighted by Crippen LogP contribution is 2.29. The molecule has 0 aliphatic carbocycles. The molecule has 0 bridgehead atoms. The van der Waals surface area contributed by atoms with E-state index >= 15 is 0 Å². The molecule has 0 spiro atoms. The fourth-order valence-electron chi connectivity index (χ4n) is 4.99. The predicted molar refractivity (Wildman–Crippen MR) is 201 cm³/mol. The first kappa shape index (κ1) is 34.0. The number of hydrogen-bond donors (Lipinski definition) is 3. The van der Waals surface area contributed by atoms with E-state index in [1.165, 1.54) is 30.2 Å². The second-order valence-corrected chi connectivity index (χ2v) is 12.8. The minimum absolute atomic E-state index is 0.0170. The maximum Gasteiger partial charge on any atom is 0.272 e. The number of carbonyl (C=O) groups is 3. The van der Waals surface area contributed by atoms with Crippen LogP contribution in [0.15, 0.2) is 131 Å². The third-order valence-electron chi connectivity index (χ3n) is 7.55. The Morgan fingerprint density at radius 2 is 1.56 bits per heavy atom. The van der Waals surface area contributed by atoms with E-state index in [0.717, 1.165) is 26.9 Å². The summed E-state index contributed by atoms with van der Waals surface area (Å²) >= 11 is 2.74. The van der Waals surface area contributed by atoms with Crippen LogP contribution in [0.1, 0.15) is 15.9 Å². The summed E-state index contributed by atoms with van der Waals surface area (Å²) in [5, 5.41) is 13.2. The molecule has 3 amide bonds. The van der Waals surface area contributed by atoms with Crippen molar-refractivity contribution in [3.63, 3.8) is 0 Å². The number of nitrogens with zero attached hydrogens (tertiary/aromatic N) is 1. The van der Waals surface area contributed by atoms with Gasteiger partial charge in [-0.15, -0.1) is 23.1 Å². The number of anilines is 2. The summed E-state index contributed by atoms with van der Waals surface area (Å²) in [7, 11) is 3.06. The van der Waals surface area contributed by atoms with E-state index in [-0.39, 0.29) is 17.4 Å². The summed E-state index contributed by atoms with van der Waals surface area (Å²) in [5.41, 5.74) is 3.29. The number of carbonyl (C=O) groups excluding carboxylic acids is 3. The molecular formula is C39H32N4O5S2. The Morgan fingerprint density at radius 3 is 2.32 bits per heavy atom. The third kappa shape index (κ3) is 8.56. The number of thioether (sulfide) groups is 1. The lowest BCUT2D eigenvalue weighted by Crippen LogP contribution is -2.30. The molecule has 5 aromatic carbocycles. The zero-order valence-corrected chi connectivity index (χ0v) is 28.8. The predicted octanol–water partition coefficient (Wildman–Crippen LogP) is 8.12. The lowest BCUT2D eigenvalue weighted by Gasteiger charge is -2.13. The van der Waals surface area contributed by atoms with Gasteiger partial charge in [-0.2, -0.15) is 0 Å². The summed E-state index contributed by atoms with van der Waals surface area (Å²) in [6, 6.07) is 35.2. The molecule has 0 atom stereocenters. The van der Waals surface area contributed by atoms with Crippen molar-refractivity contribution in [1.82, 2.24) is 10.3 Å². The topological polar surface area (TPSA) is 119 Å². The van der Waals surface area contributed by atoms with E-state index in [4.69, 9.17) is 9.47 Å². The first-order valence-corrected chi connectivity index (χ1v) is 17.3. The van der Waals surface area contributed by atoms with Crippen molar-refractivity contribution in [2.75, 3.05) is 30.6 Å². The molecule has 6 rings (SSSR count). The number of fused-ring (bicyclic) bond motifs is 1. The van der Waals surface area contributed by atoms with Gasteiger partial charge in [0.25, 0.3) is 11.8 Å². The maximum absolute atomic E-state index is 13.5. The summed E-state index contributed by atoms with van der Waals surface area (Å²) in [4.78, 5) is 44.7. The van der Waals surface area contributed by atoms with Gasteiger partial charge >= 0.3 is 0 Å². The van der Waals surface area contributed by atoms with E-state index in [1.807, 2.05) is 35.7 Å². The normalized spacial score (nSPS) is 11.1. The van der Waals surface area contributed by atoms with Crippen LogP contribution in [0.5, 0.6) is 11.5 Å². The van der Waals surface area contributed by atoms with Crippen LogP contribution in [-0.4, -0.2) is 42.7 Å². The molecule has 50 heavy (non-hydrogen) atoms. The number of nitrogens with one attached hydrogen (secondary N) is 3. The van der Waals surface area contributed by atoms with Crippen LogP contribution in [0.3, 0.4) is 0 Å². The van der Waals surface area contributed by atoms with Gasteiger partial charge in [-0.05, 0) is 71.4 Å². The Morgan fingerprint density at radius 1 is 0.800 bits per heavy atom. The molecule has 250 valence electrons. The standard InChI is InChI=1S/C39H32N4O5S2/c1-47-31-17-14-29(35(22-31)48-2)21-33(41-37(45)26-9-4-3-5-10-26)38(46)40-30-15-18-32(19-16-30)49-24-36(44)43-39-42-34(23-50-39)28-13-12-25-8-6-7-11-27(25)20-28/h3-23H,24H2,1-2H3,(H,40,46)(H,41,45)(H,42,43,44)/b33-21-. The Kier molecular flexibility index (Phi) is 10.9. The number of aromatic nitrogens is 1. The Bertz CT molecular complexity index is 2180. The zero-order valence-electron chi connectivity index (χ0n) is 27.1. The smallest absolute Gasteiger partial charge is 0.272 e. The largest absolute Gasteiger partial charge is 0.497 e. The third-order valence-corrected chi connectivity index (χ3v) is 9.32. The first-order chi connectivity index (χ1) is 24.4. The Labute approximate surface area is 297 Å². The number of rotatable bonds is 12. The quantitative estimate of drug-likeness (QED) is 0.0872. The Balaban J connectivity index is 1.08. The second-order valence-electron chi connectivity index (χ2n) is 10.9. The highest BCUT2D eigenvalue weighted by molar-refractivity contribution is 8.00. The molecular weight excluding hydrogens is 669 g/mol. The van der Waals surface area contributed by atoms with Crippen LogP contribution in [-0.2, 0) is 9.59 Å². The fourth-order valence-corrected chi connectivity index (χ4v) is 6.42. The van der Waals surface area contributed by atoms with Crippen molar-refractivity contribution >= 4 is 68.5 Å². The van der Waals surface area contributed by atoms with Crippen molar-refractivity contribution in [1.29, 1.82) is 0 Å². The molecule has 0 radical (unpaired) electrons. The van der Waals surface area contributed by atoms with Crippen molar-refractivity contribution in [2.24, 2.45) is 0 Å². The van der Waals surface area contributed by atoms with Gasteiger partial charge in [0.15, 0.2) is 5.13 Å². The summed E-state index contributed by atoms with van der Waals surface area (Å²) in [6.45, 7) is 0. The number of amides is 3. The number of thiazole rings is 1. The van der Waals surface area contributed by atoms with Gasteiger partial charge in [-0.3, -0.25) is 14.4 Å². The summed E-state index contributed by atoms with van der Waals surface area (Å²) in [5.74, 6) is 0.0891. The lowest BCUT2D eigenvalue weighted by atomic mass is 10.1. The molecule has 0 unspecified atom stereocenters. The minimum atomic E-state index is -0.529. The van der Waals surface area contributed by atoms with Crippen LogP contribution >= 0.6 is 23.1 Å². The minimum Gasteiger partial charge on any atom is -0.497 e. The average molecular weight is 701 g/mol. The number of methoxy groups -OCH3 is 2. The molecule has 6 aromatic rings.